The van der Waals surface area contributed by atoms with Crippen LogP contribution in [-0.2, 0) is 18.3 Å². The zero-order valence-electron chi connectivity index (χ0n) is 8.06. The van der Waals surface area contributed by atoms with Gasteiger partial charge in [0.1, 0.15) is 0 Å². The van der Waals surface area contributed by atoms with Crippen molar-refractivity contribution in [1.82, 2.24) is 4.67 Å². The van der Waals surface area contributed by atoms with E-state index in [1.54, 1.807) is 11.6 Å². The number of morpholine rings is 1. The summed E-state index contributed by atoms with van der Waals surface area (Å²) < 4.78 is 28.9. The van der Waals surface area contributed by atoms with Crippen LogP contribution >= 0.6 is 7.75 Å². The van der Waals surface area contributed by atoms with Crippen LogP contribution in [0.5, 0.6) is 0 Å². The van der Waals surface area contributed by atoms with Gasteiger partial charge in [-0.1, -0.05) is 0 Å². The van der Waals surface area contributed by atoms with Gasteiger partial charge in [0.15, 0.2) is 0 Å². The van der Waals surface area contributed by atoms with Gasteiger partial charge in [0.25, 0.3) is 0 Å². The van der Waals surface area contributed by atoms with Crippen LogP contribution in [0.3, 0.4) is 0 Å². The summed E-state index contributed by atoms with van der Waals surface area (Å²) in [6.07, 6.45) is 0. The van der Waals surface area contributed by atoms with Gasteiger partial charge in [0.2, 0.25) is 0 Å². The average Bonchev–Trinajstić information content (AvgIpc) is 2.19. The summed E-state index contributed by atoms with van der Waals surface area (Å²) in [4.78, 5) is 0. The van der Waals surface area contributed by atoms with E-state index in [1.807, 2.05) is 0 Å². The highest BCUT2D eigenvalue weighted by atomic mass is 31.2. The van der Waals surface area contributed by atoms with Crippen LogP contribution in [0.4, 0.5) is 0 Å². The van der Waals surface area contributed by atoms with Crippen molar-refractivity contribution in [3.63, 3.8) is 0 Å². The fourth-order valence-corrected chi connectivity index (χ4v) is 2.69. The highest BCUT2D eigenvalue weighted by Gasteiger charge is 2.32. The standard InChI is InChI=1S/C7H16NO4P/c1-3-12-13(9,10-2)8-4-6-11-7-5-8/h3-7H2,1-2H3. The highest BCUT2D eigenvalue weighted by Crippen LogP contribution is 2.51. The van der Waals surface area contributed by atoms with E-state index in [-0.39, 0.29) is 0 Å². The van der Waals surface area contributed by atoms with E-state index in [0.717, 1.165) is 0 Å². The zero-order valence-corrected chi connectivity index (χ0v) is 8.96. The van der Waals surface area contributed by atoms with Crippen LogP contribution in [0.1, 0.15) is 6.92 Å². The van der Waals surface area contributed by atoms with Gasteiger partial charge in [0.05, 0.1) is 19.8 Å². The van der Waals surface area contributed by atoms with Crippen molar-refractivity contribution in [3.05, 3.63) is 0 Å². The molecule has 0 aromatic rings. The summed E-state index contributed by atoms with van der Waals surface area (Å²) in [6.45, 7) is 4.56. The molecule has 13 heavy (non-hydrogen) atoms. The van der Waals surface area contributed by atoms with E-state index in [9.17, 15) is 4.57 Å². The third-order valence-electron chi connectivity index (χ3n) is 1.86. The molecule has 0 bridgehead atoms. The van der Waals surface area contributed by atoms with Gasteiger partial charge in [-0.15, -0.1) is 0 Å². The Morgan fingerprint density at radius 1 is 1.46 bits per heavy atom. The summed E-state index contributed by atoms with van der Waals surface area (Å²) >= 11 is 0. The van der Waals surface area contributed by atoms with Gasteiger partial charge in [0, 0.05) is 20.2 Å². The predicted octanol–water partition coefficient (Wildman–Crippen LogP) is 1.11. The average molecular weight is 209 g/mol. The largest absolute Gasteiger partial charge is 0.408 e. The normalized spacial score (nSPS) is 24.2. The molecule has 1 unspecified atom stereocenters. The molecule has 6 heteroatoms. The topological polar surface area (TPSA) is 48.0 Å². The minimum Gasteiger partial charge on any atom is -0.379 e. The molecule has 1 saturated heterocycles. The lowest BCUT2D eigenvalue weighted by molar-refractivity contribution is 0.0536. The Bertz CT molecular complexity index is 193. The van der Waals surface area contributed by atoms with Gasteiger partial charge in [-0.05, 0) is 6.92 Å². The first-order chi connectivity index (χ1) is 6.23. The third kappa shape index (κ3) is 2.76. The summed E-state index contributed by atoms with van der Waals surface area (Å²) in [6, 6.07) is 0. The number of hydrogen-bond donors (Lipinski definition) is 0. The number of rotatable bonds is 4. The lowest BCUT2D eigenvalue weighted by Gasteiger charge is -2.31. The van der Waals surface area contributed by atoms with Crippen LogP contribution in [0, 0.1) is 0 Å². The molecule has 0 N–H and O–H groups in total. The van der Waals surface area contributed by atoms with Crippen molar-refractivity contribution in [2.24, 2.45) is 0 Å². The van der Waals surface area contributed by atoms with Gasteiger partial charge < -0.3 is 4.74 Å². The lowest BCUT2D eigenvalue weighted by Crippen LogP contribution is -2.34. The van der Waals surface area contributed by atoms with E-state index in [2.05, 4.69) is 0 Å². The Morgan fingerprint density at radius 3 is 2.54 bits per heavy atom. The molecule has 5 nitrogen and oxygen atoms in total. The molecule has 0 aromatic carbocycles. The summed E-state index contributed by atoms with van der Waals surface area (Å²) in [5, 5.41) is 0. The maximum absolute atomic E-state index is 12.0. The minimum atomic E-state index is -3.02. The Balaban J connectivity index is 2.57. The Hall–Kier alpha value is 0.0700. The van der Waals surface area contributed by atoms with Gasteiger partial charge in [-0.3, -0.25) is 9.05 Å². The Kier molecular flexibility index (Phi) is 4.35. The van der Waals surface area contributed by atoms with Crippen LogP contribution in [-0.4, -0.2) is 44.7 Å². The maximum Gasteiger partial charge on any atom is 0.408 e. The molecule has 1 aliphatic rings. The molecule has 1 rings (SSSR count). The Labute approximate surface area is 78.5 Å². The molecule has 1 atom stereocenters. The molecule has 1 heterocycles. The molecule has 0 radical (unpaired) electrons. The quantitative estimate of drug-likeness (QED) is 0.649. The van der Waals surface area contributed by atoms with Gasteiger partial charge in [-0.2, -0.15) is 0 Å². The van der Waals surface area contributed by atoms with E-state index in [0.29, 0.717) is 32.9 Å². The molecular formula is C7H16NO4P. The second-order valence-corrected chi connectivity index (χ2v) is 4.76. The maximum atomic E-state index is 12.0. The molecule has 78 valence electrons. The molecule has 0 aliphatic carbocycles. The molecule has 0 saturated carbocycles. The third-order valence-corrected chi connectivity index (χ3v) is 4.00. The predicted molar refractivity (Wildman–Crippen MR) is 48.6 cm³/mol. The molecule has 1 fully saturated rings. The molecule has 1 aliphatic heterocycles. The van der Waals surface area contributed by atoms with Crippen molar-refractivity contribution in [1.29, 1.82) is 0 Å². The van der Waals surface area contributed by atoms with Crippen molar-refractivity contribution in [3.8, 4) is 0 Å². The first kappa shape index (κ1) is 11.1. The van der Waals surface area contributed by atoms with E-state index >= 15 is 0 Å². The van der Waals surface area contributed by atoms with E-state index in [1.165, 1.54) is 7.11 Å². The fourth-order valence-electron chi connectivity index (χ4n) is 1.21. The van der Waals surface area contributed by atoms with Crippen molar-refractivity contribution in [2.45, 2.75) is 6.92 Å². The molecular weight excluding hydrogens is 193 g/mol. The van der Waals surface area contributed by atoms with Crippen molar-refractivity contribution in [2.75, 3.05) is 40.0 Å². The zero-order chi connectivity index (χ0) is 9.73. The monoisotopic (exact) mass is 209 g/mol. The molecule has 0 amide bonds. The Morgan fingerprint density at radius 2 is 2.08 bits per heavy atom. The van der Waals surface area contributed by atoms with Crippen LogP contribution in [0.15, 0.2) is 0 Å². The van der Waals surface area contributed by atoms with E-state index < -0.39 is 7.75 Å². The van der Waals surface area contributed by atoms with Gasteiger partial charge in [-0.25, -0.2) is 9.24 Å². The number of hydrogen-bond acceptors (Lipinski definition) is 4. The smallest absolute Gasteiger partial charge is 0.379 e. The van der Waals surface area contributed by atoms with E-state index in [4.69, 9.17) is 13.8 Å². The summed E-state index contributed by atoms with van der Waals surface area (Å²) in [5.74, 6) is 0. The van der Waals surface area contributed by atoms with Crippen LogP contribution < -0.4 is 0 Å². The molecule has 0 spiro atoms. The lowest BCUT2D eigenvalue weighted by atomic mass is 10.5. The summed E-state index contributed by atoms with van der Waals surface area (Å²) in [7, 11) is -1.61. The van der Waals surface area contributed by atoms with Crippen molar-refractivity contribution >= 4 is 7.75 Å². The first-order valence-corrected chi connectivity index (χ1v) is 5.86. The number of ether oxygens (including phenoxy) is 1. The number of nitrogens with zero attached hydrogens (tertiary/aromatic N) is 1. The summed E-state index contributed by atoms with van der Waals surface area (Å²) in [5.41, 5.74) is 0. The highest BCUT2D eigenvalue weighted by molar-refractivity contribution is 7.51. The second-order valence-electron chi connectivity index (χ2n) is 2.63. The van der Waals surface area contributed by atoms with Gasteiger partial charge >= 0.3 is 7.75 Å². The second kappa shape index (κ2) is 5.08. The molecule has 0 aromatic heterocycles. The minimum absolute atomic E-state index is 0.391. The SMILES string of the molecule is CCOP(=O)(OC)N1CCOCC1. The fraction of sp³-hybridized carbons (Fsp3) is 1.00. The van der Waals surface area contributed by atoms with Crippen LogP contribution in [0.25, 0.3) is 0 Å². The first-order valence-electron chi connectivity index (χ1n) is 4.36. The van der Waals surface area contributed by atoms with Crippen LogP contribution in [0.2, 0.25) is 0 Å². The van der Waals surface area contributed by atoms with Crippen molar-refractivity contribution < 1.29 is 18.3 Å².